The van der Waals surface area contributed by atoms with Crippen molar-refractivity contribution in [2.45, 2.75) is 33.4 Å². The molecule has 4 rings (SSSR count). The van der Waals surface area contributed by atoms with Gasteiger partial charge in [0.05, 0.1) is 0 Å². The SMILES string of the molecule is C.CC1CN(c2cccc(Cl)c2)CCN1CCCn1nc2ccccn2c1=O. The lowest BCUT2D eigenvalue weighted by Gasteiger charge is -2.41. The van der Waals surface area contributed by atoms with Gasteiger partial charge in [-0.2, -0.15) is 0 Å². The van der Waals surface area contributed by atoms with Crippen LogP contribution in [0.3, 0.4) is 0 Å². The molecule has 1 aliphatic heterocycles. The smallest absolute Gasteiger partial charge is 0.350 e. The predicted molar refractivity (Wildman–Crippen MR) is 116 cm³/mol. The van der Waals surface area contributed by atoms with Crippen molar-refractivity contribution >= 4 is 22.9 Å². The Hall–Kier alpha value is -2.31. The molecular weight excluding hydrogens is 374 g/mol. The lowest BCUT2D eigenvalue weighted by Crippen LogP contribution is -2.52. The molecule has 2 aromatic heterocycles. The molecule has 6 nitrogen and oxygen atoms in total. The fourth-order valence-electron chi connectivity index (χ4n) is 3.77. The highest BCUT2D eigenvalue weighted by Crippen LogP contribution is 2.22. The molecule has 7 heteroatoms. The molecule has 1 aliphatic rings. The van der Waals surface area contributed by atoms with Crippen molar-refractivity contribution in [1.29, 1.82) is 0 Å². The van der Waals surface area contributed by atoms with Gasteiger partial charge in [-0.15, -0.1) is 5.10 Å². The Balaban J connectivity index is 0.00000225. The molecule has 1 aromatic carbocycles. The average molecular weight is 402 g/mol. The highest BCUT2D eigenvalue weighted by molar-refractivity contribution is 6.30. The van der Waals surface area contributed by atoms with Crippen LogP contribution in [0.25, 0.3) is 5.65 Å². The maximum absolute atomic E-state index is 12.3. The Morgan fingerprint density at radius 3 is 2.75 bits per heavy atom. The summed E-state index contributed by atoms with van der Waals surface area (Å²) in [4.78, 5) is 17.2. The van der Waals surface area contributed by atoms with Crippen LogP contribution in [0.5, 0.6) is 0 Å². The molecule has 150 valence electrons. The van der Waals surface area contributed by atoms with E-state index in [-0.39, 0.29) is 13.1 Å². The number of anilines is 1. The van der Waals surface area contributed by atoms with Gasteiger partial charge in [-0.25, -0.2) is 9.48 Å². The minimum atomic E-state index is -0.0653. The largest absolute Gasteiger partial charge is 0.369 e. The molecule has 1 atom stereocenters. The van der Waals surface area contributed by atoms with Gasteiger partial charge in [-0.05, 0) is 43.7 Å². The van der Waals surface area contributed by atoms with E-state index in [0.717, 1.165) is 37.6 Å². The second kappa shape index (κ2) is 8.80. The van der Waals surface area contributed by atoms with Crippen LogP contribution in [0.2, 0.25) is 5.02 Å². The zero-order chi connectivity index (χ0) is 18.8. The number of pyridine rings is 1. The Labute approximate surface area is 170 Å². The first-order valence-corrected chi connectivity index (χ1v) is 9.78. The molecule has 1 saturated heterocycles. The summed E-state index contributed by atoms with van der Waals surface area (Å²) in [6.45, 7) is 6.84. The Bertz CT molecular complexity index is 982. The number of aromatic nitrogens is 3. The van der Waals surface area contributed by atoms with E-state index in [4.69, 9.17) is 11.6 Å². The topological polar surface area (TPSA) is 45.8 Å². The molecule has 0 aliphatic carbocycles. The first-order chi connectivity index (χ1) is 13.1. The fourth-order valence-corrected chi connectivity index (χ4v) is 3.96. The third-order valence-corrected chi connectivity index (χ3v) is 5.48. The van der Waals surface area contributed by atoms with Crippen LogP contribution in [0.1, 0.15) is 20.8 Å². The van der Waals surface area contributed by atoms with Crippen molar-refractivity contribution in [3.05, 3.63) is 64.2 Å². The molecule has 28 heavy (non-hydrogen) atoms. The molecule has 1 unspecified atom stereocenters. The van der Waals surface area contributed by atoms with Crippen molar-refractivity contribution in [3.8, 4) is 0 Å². The minimum Gasteiger partial charge on any atom is -0.369 e. The number of fused-ring (bicyclic) bond motifs is 1. The summed E-state index contributed by atoms with van der Waals surface area (Å²) in [6, 6.07) is 14.1. The normalized spacial score (nSPS) is 17.6. The van der Waals surface area contributed by atoms with E-state index in [1.807, 2.05) is 36.4 Å². The molecule has 1 fully saturated rings. The van der Waals surface area contributed by atoms with Gasteiger partial charge in [0, 0.05) is 55.7 Å². The summed E-state index contributed by atoms with van der Waals surface area (Å²) in [6.07, 6.45) is 2.67. The molecule has 0 N–H and O–H groups in total. The van der Waals surface area contributed by atoms with Gasteiger partial charge in [0.2, 0.25) is 0 Å². The molecule has 3 heterocycles. The lowest BCUT2D eigenvalue weighted by molar-refractivity contribution is 0.183. The van der Waals surface area contributed by atoms with Crippen molar-refractivity contribution in [2.75, 3.05) is 31.1 Å². The summed E-state index contributed by atoms with van der Waals surface area (Å²) in [5.41, 5.74) is 1.82. The van der Waals surface area contributed by atoms with E-state index < -0.39 is 0 Å². The standard InChI is InChI=1S/C20H24ClN5O.CH4/c1-16-15-24(18-7-4-6-17(21)14-18)13-12-23(16)9-5-11-26-20(27)25-10-3-2-8-19(25)22-26;/h2-4,6-8,10,14,16H,5,9,11-13,15H2,1H3;1H4. The highest BCUT2D eigenvalue weighted by Gasteiger charge is 2.23. The second-order valence-electron chi connectivity index (χ2n) is 7.10. The van der Waals surface area contributed by atoms with E-state index in [9.17, 15) is 4.79 Å². The maximum atomic E-state index is 12.3. The predicted octanol–water partition coefficient (Wildman–Crippen LogP) is 3.39. The average Bonchev–Trinajstić information content (AvgIpc) is 2.99. The monoisotopic (exact) mass is 401 g/mol. The van der Waals surface area contributed by atoms with Crippen LogP contribution in [0.4, 0.5) is 5.69 Å². The zero-order valence-electron chi connectivity index (χ0n) is 15.5. The number of halogens is 1. The fraction of sp³-hybridized carbons (Fsp3) is 0.429. The van der Waals surface area contributed by atoms with Crippen LogP contribution in [-0.2, 0) is 6.54 Å². The quantitative estimate of drug-likeness (QED) is 0.657. The summed E-state index contributed by atoms with van der Waals surface area (Å²) in [7, 11) is 0. The molecule has 0 saturated carbocycles. The van der Waals surface area contributed by atoms with E-state index in [1.54, 1.807) is 15.3 Å². The van der Waals surface area contributed by atoms with Crippen molar-refractivity contribution in [3.63, 3.8) is 0 Å². The third kappa shape index (κ3) is 4.23. The number of aryl methyl sites for hydroxylation is 1. The summed E-state index contributed by atoms with van der Waals surface area (Å²) in [5, 5.41) is 5.18. The van der Waals surface area contributed by atoms with Crippen molar-refractivity contribution < 1.29 is 0 Å². The lowest BCUT2D eigenvalue weighted by atomic mass is 10.1. The summed E-state index contributed by atoms with van der Waals surface area (Å²) in [5.74, 6) is 0. The number of hydrogen-bond donors (Lipinski definition) is 0. The molecular formula is C21H28ClN5O. The molecule has 0 amide bonds. The van der Waals surface area contributed by atoms with Crippen LogP contribution in [-0.4, -0.2) is 51.3 Å². The van der Waals surface area contributed by atoms with Gasteiger partial charge in [-0.3, -0.25) is 9.30 Å². The van der Waals surface area contributed by atoms with Crippen LogP contribution in [0, 0.1) is 0 Å². The number of hydrogen-bond acceptors (Lipinski definition) is 4. The highest BCUT2D eigenvalue weighted by atomic mass is 35.5. The van der Waals surface area contributed by atoms with E-state index in [2.05, 4.69) is 27.9 Å². The minimum absolute atomic E-state index is 0. The van der Waals surface area contributed by atoms with E-state index >= 15 is 0 Å². The van der Waals surface area contributed by atoms with Gasteiger partial charge < -0.3 is 4.90 Å². The molecule has 0 radical (unpaired) electrons. The first-order valence-electron chi connectivity index (χ1n) is 9.40. The Kier molecular flexibility index (Phi) is 6.42. The van der Waals surface area contributed by atoms with Crippen molar-refractivity contribution in [2.24, 2.45) is 0 Å². The summed E-state index contributed by atoms with van der Waals surface area (Å²) < 4.78 is 3.16. The maximum Gasteiger partial charge on any atom is 0.350 e. The van der Waals surface area contributed by atoms with Gasteiger partial charge in [0.25, 0.3) is 0 Å². The Morgan fingerprint density at radius 2 is 2.00 bits per heavy atom. The van der Waals surface area contributed by atoms with Crippen molar-refractivity contribution in [1.82, 2.24) is 19.1 Å². The van der Waals surface area contributed by atoms with Crippen LogP contribution >= 0.6 is 11.6 Å². The Morgan fingerprint density at radius 1 is 1.14 bits per heavy atom. The van der Waals surface area contributed by atoms with Gasteiger partial charge >= 0.3 is 5.69 Å². The number of rotatable bonds is 5. The molecule has 0 spiro atoms. The van der Waals surface area contributed by atoms with Gasteiger partial charge in [-0.1, -0.05) is 31.2 Å². The van der Waals surface area contributed by atoms with Gasteiger partial charge in [0.15, 0.2) is 5.65 Å². The van der Waals surface area contributed by atoms with Gasteiger partial charge in [0.1, 0.15) is 0 Å². The molecule has 0 bridgehead atoms. The first kappa shape index (κ1) is 20.4. The second-order valence-corrected chi connectivity index (χ2v) is 7.54. The van der Waals surface area contributed by atoms with Crippen LogP contribution in [0.15, 0.2) is 53.5 Å². The summed E-state index contributed by atoms with van der Waals surface area (Å²) >= 11 is 6.13. The third-order valence-electron chi connectivity index (χ3n) is 5.24. The zero-order valence-corrected chi connectivity index (χ0v) is 16.2. The number of piperazine rings is 1. The van der Waals surface area contributed by atoms with E-state index in [1.165, 1.54) is 5.69 Å². The van der Waals surface area contributed by atoms with Crippen LogP contribution < -0.4 is 10.6 Å². The van der Waals surface area contributed by atoms with E-state index in [0.29, 0.717) is 18.2 Å². The number of benzene rings is 1. The molecule has 3 aromatic rings. The number of nitrogens with zero attached hydrogens (tertiary/aromatic N) is 5.